The fraction of sp³-hybridized carbons (Fsp3) is 0. The van der Waals surface area contributed by atoms with Crippen LogP contribution < -0.4 is 0 Å². The summed E-state index contributed by atoms with van der Waals surface area (Å²) in [7, 11) is 0. The van der Waals surface area contributed by atoms with Crippen molar-refractivity contribution in [1.29, 1.82) is 0 Å². The Morgan fingerprint density at radius 3 is 0.981 bits per heavy atom. The summed E-state index contributed by atoms with van der Waals surface area (Å²) in [5.41, 5.74) is 14.5. The minimum atomic E-state index is 1.20. The van der Waals surface area contributed by atoms with Crippen LogP contribution in [0, 0.1) is 0 Å². The van der Waals surface area contributed by atoms with Crippen molar-refractivity contribution in [2.45, 2.75) is 0 Å². The van der Waals surface area contributed by atoms with Gasteiger partial charge < -0.3 is 0 Å². The molecule has 0 amide bonds. The third-order valence-electron chi connectivity index (χ3n) is 10.9. The third kappa shape index (κ3) is 5.31. The van der Waals surface area contributed by atoms with Gasteiger partial charge in [-0.1, -0.05) is 212 Å². The van der Waals surface area contributed by atoms with Crippen molar-refractivity contribution in [3.63, 3.8) is 0 Å². The molecular weight excluding hydrogens is 649 g/mol. The Hall–Kier alpha value is -7.02. The maximum absolute atomic E-state index is 2.50. The van der Waals surface area contributed by atoms with E-state index in [1.54, 1.807) is 0 Å². The van der Waals surface area contributed by atoms with E-state index in [4.69, 9.17) is 0 Å². The lowest BCUT2D eigenvalue weighted by Crippen LogP contribution is -1.98. The van der Waals surface area contributed by atoms with Gasteiger partial charge in [-0.3, -0.25) is 0 Å². The van der Waals surface area contributed by atoms with Gasteiger partial charge in [-0.15, -0.1) is 0 Å². The van der Waals surface area contributed by atoms with Crippen LogP contribution in [0.15, 0.2) is 218 Å². The highest BCUT2D eigenvalue weighted by molar-refractivity contribution is 6.32. The number of benzene rings is 10. The van der Waals surface area contributed by atoms with Crippen molar-refractivity contribution in [3.05, 3.63) is 218 Å². The molecular formula is C54H36. The van der Waals surface area contributed by atoms with Crippen molar-refractivity contribution in [1.82, 2.24) is 0 Å². The van der Waals surface area contributed by atoms with Crippen LogP contribution in [0.4, 0.5) is 0 Å². The molecule has 0 heteroatoms. The zero-order chi connectivity index (χ0) is 35.8. The lowest BCUT2D eigenvalue weighted by molar-refractivity contribution is 1.55. The van der Waals surface area contributed by atoms with E-state index < -0.39 is 0 Å². The molecule has 10 aromatic carbocycles. The monoisotopic (exact) mass is 684 g/mol. The SMILES string of the molecule is c1ccc(-c2ccccc2-c2cc3c4ccccc4c4ccccc4c3c(-c3ccccc3-c3ccccc3)c2-c2ccccc2-c2ccccc2)cc1. The van der Waals surface area contributed by atoms with Crippen LogP contribution in [0.1, 0.15) is 0 Å². The molecule has 252 valence electrons. The Bertz CT molecular complexity index is 2960. The predicted octanol–water partition coefficient (Wildman–Crippen LogP) is 15.1. The molecule has 0 fully saturated rings. The third-order valence-corrected chi connectivity index (χ3v) is 10.9. The number of hydrogen-bond acceptors (Lipinski definition) is 0. The fourth-order valence-corrected chi connectivity index (χ4v) is 8.55. The molecule has 0 aliphatic rings. The second-order valence-corrected chi connectivity index (χ2v) is 13.9. The first-order valence-electron chi connectivity index (χ1n) is 18.7. The Morgan fingerprint density at radius 1 is 0.185 bits per heavy atom. The first-order chi connectivity index (χ1) is 26.8. The topological polar surface area (TPSA) is 0 Å². The normalized spacial score (nSPS) is 11.3. The van der Waals surface area contributed by atoms with Crippen molar-refractivity contribution < 1.29 is 0 Å². The van der Waals surface area contributed by atoms with E-state index in [1.807, 2.05) is 0 Å². The zero-order valence-electron chi connectivity index (χ0n) is 29.8. The van der Waals surface area contributed by atoms with Crippen molar-refractivity contribution in [2.24, 2.45) is 0 Å². The highest BCUT2D eigenvalue weighted by Gasteiger charge is 2.26. The lowest BCUT2D eigenvalue weighted by Gasteiger charge is -2.26. The van der Waals surface area contributed by atoms with Gasteiger partial charge in [-0.25, -0.2) is 0 Å². The van der Waals surface area contributed by atoms with Crippen LogP contribution in [0.3, 0.4) is 0 Å². The van der Waals surface area contributed by atoms with E-state index in [1.165, 1.54) is 99.1 Å². The summed E-state index contributed by atoms with van der Waals surface area (Å²) in [6.45, 7) is 0. The quantitative estimate of drug-likeness (QED) is 0.153. The van der Waals surface area contributed by atoms with Gasteiger partial charge in [-0.05, 0) is 105 Å². The second kappa shape index (κ2) is 13.5. The average Bonchev–Trinajstić information content (AvgIpc) is 3.27. The second-order valence-electron chi connectivity index (χ2n) is 13.9. The standard InChI is InChI=1S/C54H36/c1-4-20-37(21-5-1)40-26-10-13-29-43(40)50-36-51-46-32-15-14-30-44(46)45-31-16-19-35-49(45)53(51)54(48-34-18-12-28-42(48)39-24-8-3-9-25-39)52(50)47-33-17-11-27-41(47)38-22-6-2-7-23-38/h1-36H. The van der Waals surface area contributed by atoms with Gasteiger partial charge >= 0.3 is 0 Å². The molecule has 0 aliphatic heterocycles. The van der Waals surface area contributed by atoms with Gasteiger partial charge in [-0.2, -0.15) is 0 Å². The van der Waals surface area contributed by atoms with Gasteiger partial charge in [0.25, 0.3) is 0 Å². The molecule has 10 rings (SSSR count). The predicted molar refractivity (Wildman–Crippen MR) is 232 cm³/mol. The molecule has 0 saturated carbocycles. The van der Waals surface area contributed by atoms with Gasteiger partial charge in [0.2, 0.25) is 0 Å². The summed E-state index contributed by atoms with van der Waals surface area (Å²) in [5, 5.41) is 7.56. The molecule has 0 radical (unpaired) electrons. The Kier molecular flexibility index (Phi) is 7.93. The molecule has 0 N–H and O–H groups in total. The average molecular weight is 685 g/mol. The Labute approximate surface area is 316 Å². The van der Waals surface area contributed by atoms with E-state index in [-0.39, 0.29) is 0 Å². The molecule has 0 bridgehead atoms. The highest BCUT2D eigenvalue weighted by Crippen LogP contribution is 2.53. The summed E-state index contributed by atoms with van der Waals surface area (Å²) in [6, 6.07) is 79.9. The van der Waals surface area contributed by atoms with Gasteiger partial charge in [0, 0.05) is 0 Å². The molecule has 10 aromatic rings. The lowest BCUT2D eigenvalue weighted by atomic mass is 9.77. The fourth-order valence-electron chi connectivity index (χ4n) is 8.55. The van der Waals surface area contributed by atoms with E-state index >= 15 is 0 Å². The van der Waals surface area contributed by atoms with Crippen LogP contribution in [0.2, 0.25) is 0 Å². The number of fused-ring (bicyclic) bond motifs is 6. The molecule has 0 unspecified atom stereocenters. The van der Waals surface area contributed by atoms with Crippen LogP contribution in [-0.2, 0) is 0 Å². The Morgan fingerprint density at radius 2 is 0.500 bits per heavy atom. The van der Waals surface area contributed by atoms with E-state index in [2.05, 4.69) is 218 Å². The molecule has 0 atom stereocenters. The summed E-state index contributed by atoms with van der Waals surface area (Å²) in [6.07, 6.45) is 0. The van der Waals surface area contributed by atoms with E-state index in [0.29, 0.717) is 0 Å². The molecule has 0 aliphatic carbocycles. The smallest absolute Gasteiger partial charge is 0.000763 e. The molecule has 0 saturated heterocycles. The molecule has 54 heavy (non-hydrogen) atoms. The van der Waals surface area contributed by atoms with Crippen LogP contribution in [-0.4, -0.2) is 0 Å². The summed E-state index contributed by atoms with van der Waals surface area (Å²) in [5.74, 6) is 0. The first-order valence-corrected chi connectivity index (χ1v) is 18.7. The van der Waals surface area contributed by atoms with Gasteiger partial charge in [0.15, 0.2) is 0 Å². The van der Waals surface area contributed by atoms with Crippen molar-refractivity contribution in [3.8, 4) is 66.8 Å². The summed E-state index contributed by atoms with van der Waals surface area (Å²) < 4.78 is 0. The minimum absolute atomic E-state index is 1.20. The maximum Gasteiger partial charge on any atom is -0.000763 e. The van der Waals surface area contributed by atoms with Crippen LogP contribution in [0.25, 0.3) is 99.1 Å². The molecule has 0 heterocycles. The van der Waals surface area contributed by atoms with Gasteiger partial charge in [0.1, 0.15) is 0 Å². The Balaban J connectivity index is 1.49. The molecule has 0 spiro atoms. The first kappa shape index (κ1) is 31.7. The zero-order valence-corrected chi connectivity index (χ0v) is 29.8. The van der Waals surface area contributed by atoms with Gasteiger partial charge in [0.05, 0.1) is 0 Å². The minimum Gasteiger partial charge on any atom is -0.0622 e. The molecule has 0 nitrogen and oxygen atoms in total. The highest BCUT2D eigenvalue weighted by atomic mass is 14.3. The largest absolute Gasteiger partial charge is 0.0622 e. The summed E-state index contributed by atoms with van der Waals surface area (Å²) in [4.78, 5) is 0. The number of rotatable bonds is 6. The van der Waals surface area contributed by atoms with Crippen molar-refractivity contribution >= 4 is 32.3 Å². The molecule has 0 aromatic heterocycles. The van der Waals surface area contributed by atoms with Crippen LogP contribution in [0.5, 0.6) is 0 Å². The maximum atomic E-state index is 2.50. The van der Waals surface area contributed by atoms with Crippen LogP contribution >= 0.6 is 0 Å². The number of hydrogen-bond donors (Lipinski definition) is 0. The summed E-state index contributed by atoms with van der Waals surface area (Å²) >= 11 is 0. The van der Waals surface area contributed by atoms with E-state index in [0.717, 1.165) is 0 Å². The van der Waals surface area contributed by atoms with Crippen molar-refractivity contribution in [2.75, 3.05) is 0 Å². The van der Waals surface area contributed by atoms with E-state index in [9.17, 15) is 0 Å².